The molecule has 1 amide bonds. The molecule has 1 atom stereocenters. The summed E-state index contributed by atoms with van der Waals surface area (Å²) >= 11 is 0. The number of rotatable bonds is 13. The summed E-state index contributed by atoms with van der Waals surface area (Å²) in [6.07, 6.45) is 11.0. The molecule has 0 unspecified atom stereocenters. The fourth-order valence-electron chi connectivity index (χ4n) is 2.86. The van der Waals surface area contributed by atoms with Gasteiger partial charge in [0.15, 0.2) is 0 Å². The Morgan fingerprint density at radius 3 is 2.29 bits per heavy atom. The average molecular weight is 337 g/mol. The molecule has 0 bridgehead atoms. The van der Waals surface area contributed by atoms with Crippen molar-refractivity contribution in [3.63, 3.8) is 0 Å². The molecule has 0 spiro atoms. The van der Waals surface area contributed by atoms with Crippen molar-refractivity contribution in [2.24, 2.45) is 0 Å². The van der Waals surface area contributed by atoms with Crippen molar-refractivity contribution in [2.75, 3.05) is 19.6 Å². The summed E-state index contributed by atoms with van der Waals surface area (Å²) < 4.78 is 1.78. The number of hydrogen-bond donors (Lipinski definition) is 1. The molecule has 1 aromatic heterocycles. The number of carbonyl (C=O) groups excluding carboxylic acids is 1. The number of nitrogens with one attached hydrogen (secondary N) is 1. The minimum Gasteiger partial charge on any atom is -0.348 e. The first-order valence-corrected chi connectivity index (χ1v) is 9.66. The van der Waals surface area contributed by atoms with Crippen LogP contribution < -0.4 is 5.32 Å². The van der Waals surface area contributed by atoms with E-state index >= 15 is 0 Å². The zero-order valence-electron chi connectivity index (χ0n) is 16.1. The summed E-state index contributed by atoms with van der Waals surface area (Å²) in [5.74, 6) is -0.0238. The van der Waals surface area contributed by atoms with Crippen molar-refractivity contribution in [1.29, 1.82) is 0 Å². The average Bonchev–Trinajstić information content (AvgIpc) is 3.04. The van der Waals surface area contributed by atoms with Crippen LogP contribution in [0.3, 0.4) is 0 Å². The standard InChI is InChI=1S/C19H36N4O/c1-5-8-10-12-22(13-11-9-6-2)15-17(4)21-19(24)18-14-20-23(7-3)16-18/h14,16-17H,5-13,15H2,1-4H3,(H,21,24)/t17-/m1/s1. The lowest BCUT2D eigenvalue weighted by Gasteiger charge is -2.26. The van der Waals surface area contributed by atoms with Crippen molar-refractivity contribution in [2.45, 2.75) is 78.8 Å². The Labute approximate surface area is 147 Å². The molecule has 24 heavy (non-hydrogen) atoms. The number of carbonyl (C=O) groups is 1. The van der Waals surface area contributed by atoms with Gasteiger partial charge in [0.1, 0.15) is 0 Å². The number of aromatic nitrogens is 2. The predicted octanol–water partition coefficient (Wildman–Crippen LogP) is 3.70. The summed E-state index contributed by atoms with van der Waals surface area (Å²) in [5.41, 5.74) is 0.646. The van der Waals surface area contributed by atoms with Crippen molar-refractivity contribution in [1.82, 2.24) is 20.0 Å². The van der Waals surface area contributed by atoms with E-state index in [0.717, 1.165) is 26.2 Å². The summed E-state index contributed by atoms with van der Waals surface area (Å²) in [6.45, 7) is 12.5. The Hall–Kier alpha value is -1.36. The van der Waals surface area contributed by atoms with Crippen LogP contribution in [-0.2, 0) is 6.54 Å². The van der Waals surface area contributed by atoms with Crippen molar-refractivity contribution >= 4 is 5.91 Å². The summed E-state index contributed by atoms with van der Waals surface area (Å²) in [4.78, 5) is 14.8. The van der Waals surface area contributed by atoms with E-state index in [9.17, 15) is 4.79 Å². The molecule has 1 aromatic rings. The molecule has 1 heterocycles. The van der Waals surface area contributed by atoms with Gasteiger partial charge in [0, 0.05) is 25.3 Å². The van der Waals surface area contributed by atoms with Crippen molar-refractivity contribution in [3.05, 3.63) is 18.0 Å². The van der Waals surface area contributed by atoms with E-state index in [2.05, 4.69) is 36.1 Å². The van der Waals surface area contributed by atoms with E-state index in [0.29, 0.717) is 5.56 Å². The molecule has 0 radical (unpaired) electrons. The molecule has 0 aliphatic carbocycles. The number of hydrogen-bond acceptors (Lipinski definition) is 3. The van der Waals surface area contributed by atoms with Gasteiger partial charge in [-0.25, -0.2) is 0 Å². The molecule has 0 fully saturated rings. The number of amides is 1. The van der Waals surface area contributed by atoms with Crippen LogP contribution in [0.25, 0.3) is 0 Å². The Bertz CT molecular complexity index is 448. The third-order valence-electron chi connectivity index (χ3n) is 4.28. The molecule has 0 saturated heterocycles. The number of nitrogens with zero attached hydrogens (tertiary/aromatic N) is 3. The molecule has 5 nitrogen and oxygen atoms in total. The predicted molar refractivity (Wildman–Crippen MR) is 100 cm³/mol. The lowest BCUT2D eigenvalue weighted by atomic mass is 10.2. The van der Waals surface area contributed by atoms with Crippen LogP contribution in [0.15, 0.2) is 12.4 Å². The monoisotopic (exact) mass is 336 g/mol. The maximum absolute atomic E-state index is 12.3. The highest BCUT2D eigenvalue weighted by Crippen LogP contribution is 2.05. The van der Waals surface area contributed by atoms with Gasteiger partial charge in [-0.15, -0.1) is 0 Å². The summed E-state index contributed by atoms with van der Waals surface area (Å²) in [6, 6.07) is 0.144. The van der Waals surface area contributed by atoms with E-state index < -0.39 is 0 Å². The zero-order chi connectivity index (χ0) is 17.8. The smallest absolute Gasteiger partial charge is 0.254 e. The summed E-state index contributed by atoms with van der Waals surface area (Å²) in [5, 5.41) is 7.28. The minimum absolute atomic E-state index is 0.0238. The highest BCUT2D eigenvalue weighted by molar-refractivity contribution is 5.93. The molecular weight excluding hydrogens is 300 g/mol. The molecule has 138 valence electrons. The maximum Gasteiger partial charge on any atom is 0.254 e. The van der Waals surface area contributed by atoms with Gasteiger partial charge in [0.25, 0.3) is 5.91 Å². The van der Waals surface area contributed by atoms with Gasteiger partial charge in [-0.3, -0.25) is 9.48 Å². The Morgan fingerprint density at radius 2 is 1.79 bits per heavy atom. The highest BCUT2D eigenvalue weighted by atomic mass is 16.1. The minimum atomic E-state index is -0.0238. The second-order valence-corrected chi connectivity index (χ2v) is 6.67. The Morgan fingerprint density at radius 1 is 1.17 bits per heavy atom. The fraction of sp³-hybridized carbons (Fsp3) is 0.789. The zero-order valence-corrected chi connectivity index (χ0v) is 16.1. The third kappa shape index (κ3) is 7.95. The van der Waals surface area contributed by atoms with Crippen LogP contribution in [0.4, 0.5) is 0 Å². The van der Waals surface area contributed by atoms with Crippen LogP contribution in [0.2, 0.25) is 0 Å². The lowest BCUT2D eigenvalue weighted by molar-refractivity contribution is 0.0928. The largest absolute Gasteiger partial charge is 0.348 e. The van der Waals surface area contributed by atoms with Gasteiger partial charge in [0.2, 0.25) is 0 Å². The van der Waals surface area contributed by atoms with Gasteiger partial charge >= 0.3 is 0 Å². The first-order chi connectivity index (χ1) is 11.6. The molecule has 0 aliphatic rings. The van der Waals surface area contributed by atoms with Crippen LogP contribution in [0, 0.1) is 0 Å². The normalized spacial score (nSPS) is 12.5. The molecule has 0 aromatic carbocycles. The SMILES string of the molecule is CCCCCN(CCCCC)C[C@@H](C)NC(=O)c1cnn(CC)c1. The quantitative estimate of drug-likeness (QED) is 0.559. The maximum atomic E-state index is 12.3. The van der Waals surface area contributed by atoms with Crippen LogP contribution in [-0.4, -0.2) is 46.3 Å². The summed E-state index contributed by atoms with van der Waals surface area (Å²) in [7, 11) is 0. The number of aryl methyl sites for hydroxylation is 1. The second kappa shape index (κ2) is 12.1. The fourth-order valence-corrected chi connectivity index (χ4v) is 2.86. The Balaban J connectivity index is 2.45. The first kappa shape index (κ1) is 20.7. The molecule has 1 rings (SSSR count). The van der Waals surface area contributed by atoms with Crippen LogP contribution in [0.5, 0.6) is 0 Å². The highest BCUT2D eigenvalue weighted by Gasteiger charge is 2.14. The van der Waals surface area contributed by atoms with Gasteiger partial charge in [0.05, 0.1) is 11.8 Å². The van der Waals surface area contributed by atoms with Gasteiger partial charge < -0.3 is 10.2 Å². The second-order valence-electron chi connectivity index (χ2n) is 6.67. The Kier molecular flexibility index (Phi) is 10.4. The molecule has 0 saturated carbocycles. The van der Waals surface area contributed by atoms with Gasteiger partial charge in [-0.05, 0) is 39.8 Å². The van der Waals surface area contributed by atoms with E-state index in [1.54, 1.807) is 10.9 Å². The van der Waals surface area contributed by atoms with E-state index in [-0.39, 0.29) is 11.9 Å². The van der Waals surface area contributed by atoms with Gasteiger partial charge in [-0.2, -0.15) is 5.10 Å². The molecular formula is C19H36N4O. The van der Waals surface area contributed by atoms with Gasteiger partial charge in [-0.1, -0.05) is 39.5 Å². The topological polar surface area (TPSA) is 50.2 Å². The van der Waals surface area contributed by atoms with E-state index in [1.807, 2.05) is 13.1 Å². The van der Waals surface area contributed by atoms with Crippen molar-refractivity contribution < 1.29 is 4.79 Å². The molecule has 0 aliphatic heterocycles. The third-order valence-corrected chi connectivity index (χ3v) is 4.28. The lowest BCUT2D eigenvalue weighted by Crippen LogP contribution is -2.42. The molecule has 1 N–H and O–H groups in total. The van der Waals surface area contributed by atoms with E-state index in [1.165, 1.54) is 38.5 Å². The number of unbranched alkanes of at least 4 members (excludes halogenated alkanes) is 4. The van der Waals surface area contributed by atoms with Crippen LogP contribution >= 0.6 is 0 Å². The molecule has 5 heteroatoms. The van der Waals surface area contributed by atoms with E-state index in [4.69, 9.17) is 0 Å². The van der Waals surface area contributed by atoms with Crippen molar-refractivity contribution in [3.8, 4) is 0 Å². The van der Waals surface area contributed by atoms with Crippen LogP contribution in [0.1, 0.15) is 76.6 Å². The first-order valence-electron chi connectivity index (χ1n) is 9.66.